The van der Waals surface area contributed by atoms with Crippen molar-refractivity contribution < 1.29 is 4.79 Å². The Balaban J connectivity index is 1.61. The fourth-order valence-electron chi connectivity index (χ4n) is 3.53. The summed E-state index contributed by atoms with van der Waals surface area (Å²) < 4.78 is 3.10. The van der Waals surface area contributed by atoms with Crippen LogP contribution in [0.3, 0.4) is 0 Å². The molecule has 1 amide bonds. The summed E-state index contributed by atoms with van der Waals surface area (Å²) in [4.78, 5) is 15.3. The van der Waals surface area contributed by atoms with Crippen molar-refractivity contribution in [1.29, 1.82) is 0 Å². The minimum atomic E-state index is 0.00171. The lowest BCUT2D eigenvalue weighted by Crippen LogP contribution is -2.31. The number of nitrogens with zero attached hydrogens (tertiary/aromatic N) is 2. The van der Waals surface area contributed by atoms with Crippen molar-refractivity contribution in [2.45, 2.75) is 19.6 Å². The third-order valence-corrected chi connectivity index (χ3v) is 6.07. The Hall–Kier alpha value is -2.82. The van der Waals surface area contributed by atoms with Crippen molar-refractivity contribution in [3.05, 3.63) is 129 Å². The molecule has 4 rings (SSSR count). The highest BCUT2D eigenvalue weighted by molar-refractivity contribution is 9.10. The average molecular weight is 494 g/mol. The van der Waals surface area contributed by atoms with E-state index in [0.29, 0.717) is 25.2 Å². The van der Waals surface area contributed by atoms with E-state index in [1.54, 1.807) is 0 Å². The molecule has 0 saturated carbocycles. The topological polar surface area (TPSA) is 25.2 Å². The fraction of sp³-hybridized carbons (Fsp3) is 0.115. The lowest BCUT2D eigenvalue weighted by Gasteiger charge is -2.24. The van der Waals surface area contributed by atoms with Gasteiger partial charge in [0.15, 0.2) is 0 Å². The van der Waals surface area contributed by atoms with Gasteiger partial charge >= 0.3 is 0 Å². The van der Waals surface area contributed by atoms with E-state index in [1.807, 2.05) is 96.0 Å². The number of aromatic nitrogens is 1. The van der Waals surface area contributed by atoms with Crippen molar-refractivity contribution in [3.63, 3.8) is 0 Å². The molecule has 0 aliphatic rings. The zero-order valence-corrected chi connectivity index (χ0v) is 19.3. The van der Waals surface area contributed by atoms with Crippen molar-refractivity contribution in [3.8, 4) is 0 Å². The van der Waals surface area contributed by atoms with Crippen LogP contribution in [0.4, 0.5) is 0 Å². The molecule has 0 aliphatic heterocycles. The molecule has 1 aromatic heterocycles. The van der Waals surface area contributed by atoms with E-state index in [1.165, 1.54) is 0 Å². The predicted molar refractivity (Wildman–Crippen MR) is 129 cm³/mol. The summed E-state index contributed by atoms with van der Waals surface area (Å²) in [7, 11) is 0. The van der Waals surface area contributed by atoms with Crippen molar-refractivity contribution in [2.24, 2.45) is 0 Å². The molecule has 156 valence electrons. The highest BCUT2D eigenvalue weighted by Gasteiger charge is 2.18. The highest BCUT2D eigenvalue weighted by Crippen LogP contribution is 2.20. The number of benzene rings is 3. The van der Waals surface area contributed by atoms with Crippen LogP contribution in [0.25, 0.3) is 0 Å². The van der Waals surface area contributed by atoms with Crippen LogP contribution >= 0.6 is 27.5 Å². The Labute approximate surface area is 196 Å². The largest absolute Gasteiger partial charge is 0.345 e. The maximum Gasteiger partial charge on any atom is 0.254 e. The van der Waals surface area contributed by atoms with Gasteiger partial charge in [-0.1, -0.05) is 76.1 Å². The zero-order chi connectivity index (χ0) is 21.6. The average Bonchev–Trinajstić information content (AvgIpc) is 3.22. The van der Waals surface area contributed by atoms with Crippen LogP contribution in [-0.4, -0.2) is 15.4 Å². The van der Waals surface area contributed by atoms with Crippen LogP contribution in [0.15, 0.2) is 102 Å². The Morgan fingerprint density at radius 2 is 1.55 bits per heavy atom. The van der Waals surface area contributed by atoms with Crippen LogP contribution in [-0.2, 0) is 19.6 Å². The molecule has 3 aromatic carbocycles. The van der Waals surface area contributed by atoms with Gasteiger partial charge in [0.05, 0.1) is 6.54 Å². The second-order valence-electron chi connectivity index (χ2n) is 7.37. The van der Waals surface area contributed by atoms with Crippen LogP contribution in [0.2, 0.25) is 5.02 Å². The van der Waals surface area contributed by atoms with Gasteiger partial charge in [0, 0.05) is 40.0 Å². The maximum atomic E-state index is 13.4. The van der Waals surface area contributed by atoms with E-state index in [4.69, 9.17) is 11.6 Å². The van der Waals surface area contributed by atoms with Crippen LogP contribution in [0, 0.1) is 0 Å². The Kier molecular flexibility index (Phi) is 6.90. The highest BCUT2D eigenvalue weighted by atomic mass is 79.9. The van der Waals surface area contributed by atoms with Crippen LogP contribution in [0.1, 0.15) is 27.2 Å². The SMILES string of the molecule is O=C(c1ccc(Br)cc1)N(Cc1ccccc1)Cc1cccn1Cc1ccccc1Cl. The second-order valence-corrected chi connectivity index (χ2v) is 8.70. The van der Waals surface area contributed by atoms with Crippen molar-refractivity contribution >= 4 is 33.4 Å². The Morgan fingerprint density at radius 1 is 0.839 bits per heavy atom. The Bertz CT molecular complexity index is 1160. The van der Waals surface area contributed by atoms with Crippen molar-refractivity contribution in [1.82, 2.24) is 9.47 Å². The van der Waals surface area contributed by atoms with E-state index in [2.05, 4.69) is 26.6 Å². The molecule has 0 N–H and O–H groups in total. The third-order valence-electron chi connectivity index (χ3n) is 5.17. The predicted octanol–water partition coefficient (Wildman–Crippen LogP) is 6.79. The van der Waals surface area contributed by atoms with Gasteiger partial charge in [-0.15, -0.1) is 0 Å². The molecule has 3 nitrogen and oxygen atoms in total. The monoisotopic (exact) mass is 492 g/mol. The number of carbonyl (C=O) groups excluding carboxylic acids is 1. The molecule has 0 aliphatic carbocycles. The molecule has 4 aromatic rings. The number of amides is 1. The van der Waals surface area contributed by atoms with Gasteiger partial charge in [-0.3, -0.25) is 4.79 Å². The van der Waals surface area contributed by atoms with E-state index in [-0.39, 0.29) is 5.91 Å². The molecule has 0 radical (unpaired) electrons. The molecular formula is C26H22BrClN2O. The van der Waals surface area contributed by atoms with Gasteiger partial charge in [0.1, 0.15) is 0 Å². The normalized spacial score (nSPS) is 10.8. The molecule has 0 atom stereocenters. The summed E-state index contributed by atoms with van der Waals surface area (Å²) in [5.74, 6) is 0.00171. The minimum absolute atomic E-state index is 0.00171. The first-order valence-electron chi connectivity index (χ1n) is 10.1. The third kappa shape index (κ3) is 5.46. The van der Waals surface area contributed by atoms with Crippen LogP contribution < -0.4 is 0 Å². The first kappa shape index (κ1) is 21.4. The van der Waals surface area contributed by atoms with Gasteiger partial charge in [0.2, 0.25) is 0 Å². The van der Waals surface area contributed by atoms with Gasteiger partial charge in [-0.05, 0) is 53.6 Å². The lowest BCUT2D eigenvalue weighted by molar-refractivity contribution is 0.0726. The summed E-state index contributed by atoms with van der Waals surface area (Å²) in [5.41, 5.74) is 3.87. The quantitative estimate of drug-likeness (QED) is 0.278. The molecule has 31 heavy (non-hydrogen) atoms. The number of hydrogen-bond acceptors (Lipinski definition) is 1. The smallest absolute Gasteiger partial charge is 0.254 e. The molecule has 0 saturated heterocycles. The number of halogens is 2. The first-order chi connectivity index (χ1) is 15.1. The molecule has 1 heterocycles. The summed E-state index contributed by atoms with van der Waals surface area (Å²) in [6, 6.07) is 29.5. The fourth-order valence-corrected chi connectivity index (χ4v) is 3.99. The second kappa shape index (κ2) is 9.99. The van der Waals surface area contributed by atoms with E-state index < -0.39 is 0 Å². The minimum Gasteiger partial charge on any atom is -0.345 e. The van der Waals surface area contributed by atoms with E-state index in [0.717, 1.165) is 26.3 Å². The maximum absolute atomic E-state index is 13.4. The van der Waals surface area contributed by atoms with Gasteiger partial charge in [0.25, 0.3) is 5.91 Å². The van der Waals surface area contributed by atoms with Gasteiger partial charge < -0.3 is 9.47 Å². The lowest BCUT2D eigenvalue weighted by atomic mass is 10.1. The molecular weight excluding hydrogens is 472 g/mol. The number of rotatable bonds is 7. The zero-order valence-electron chi connectivity index (χ0n) is 16.9. The van der Waals surface area contributed by atoms with Crippen LogP contribution in [0.5, 0.6) is 0 Å². The summed E-state index contributed by atoms with van der Waals surface area (Å²) in [5, 5.41) is 0.745. The number of hydrogen-bond donors (Lipinski definition) is 0. The van der Waals surface area contributed by atoms with E-state index >= 15 is 0 Å². The summed E-state index contributed by atoms with van der Waals surface area (Å²) in [6.07, 6.45) is 2.03. The first-order valence-corrected chi connectivity index (χ1v) is 11.2. The summed E-state index contributed by atoms with van der Waals surface area (Å²) >= 11 is 9.81. The standard InChI is InChI=1S/C26H22BrClN2O/c27-23-14-12-21(13-15-23)26(31)30(17-20-7-2-1-3-8-20)19-24-10-6-16-29(24)18-22-9-4-5-11-25(22)28/h1-16H,17-19H2. The van der Waals surface area contributed by atoms with Gasteiger partial charge in [-0.25, -0.2) is 0 Å². The molecule has 0 fully saturated rings. The number of carbonyl (C=O) groups is 1. The molecule has 5 heteroatoms. The van der Waals surface area contributed by atoms with Gasteiger partial charge in [-0.2, -0.15) is 0 Å². The van der Waals surface area contributed by atoms with E-state index in [9.17, 15) is 4.79 Å². The molecule has 0 unspecified atom stereocenters. The Morgan fingerprint density at radius 3 is 2.29 bits per heavy atom. The molecule has 0 bridgehead atoms. The molecule has 0 spiro atoms. The van der Waals surface area contributed by atoms with Crippen molar-refractivity contribution in [2.75, 3.05) is 0 Å². The summed E-state index contributed by atoms with van der Waals surface area (Å²) in [6.45, 7) is 1.70.